The van der Waals surface area contributed by atoms with Crippen LogP contribution in [0.1, 0.15) is 13.3 Å². The Labute approximate surface area is 95.9 Å². The van der Waals surface area contributed by atoms with Gasteiger partial charge in [0.25, 0.3) is 0 Å². The number of methoxy groups -OCH3 is 1. The van der Waals surface area contributed by atoms with Crippen molar-refractivity contribution in [3.8, 4) is 0 Å². The molecule has 3 N–H and O–H groups in total. The number of hydrogen-bond acceptors (Lipinski definition) is 3. The second kappa shape index (κ2) is 8.43. The molecule has 88 valence electrons. The summed E-state index contributed by atoms with van der Waals surface area (Å²) in [7, 11) is 1.60. The summed E-state index contributed by atoms with van der Waals surface area (Å²) < 4.78 is 4.92. The second-order valence-electron chi connectivity index (χ2n) is 3.03. The van der Waals surface area contributed by atoms with Crippen molar-refractivity contribution >= 4 is 23.2 Å². The van der Waals surface area contributed by atoms with E-state index in [9.17, 15) is 4.79 Å². The lowest BCUT2D eigenvalue weighted by Crippen LogP contribution is -2.42. The molecule has 0 aromatic heterocycles. The first kappa shape index (κ1) is 14.1. The maximum atomic E-state index is 11.5. The van der Waals surface area contributed by atoms with E-state index in [1.807, 2.05) is 6.92 Å². The number of nitrogens with one attached hydrogen (secondary N) is 1. The SMILES string of the molecule is CCNC(=O)N(CCOC)CCC(N)=S. The molecule has 0 atom stereocenters. The topological polar surface area (TPSA) is 67.6 Å². The van der Waals surface area contributed by atoms with Crippen LogP contribution in [0.2, 0.25) is 0 Å². The Kier molecular flexibility index (Phi) is 7.94. The number of urea groups is 1. The predicted molar refractivity (Wildman–Crippen MR) is 63.9 cm³/mol. The van der Waals surface area contributed by atoms with Gasteiger partial charge >= 0.3 is 6.03 Å². The molecule has 0 aliphatic heterocycles. The molecular weight excluding hydrogens is 214 g/mol. The van der Waals surface area contributed by atoms with E-state index in [0.29, 0.717) is 37.7 Å². The van der Waals surface area contributed by atoms with E-state index in [4.69, 9.17) is 22.7 Å². The van der Waals surface area contributed by atoms with Crippen molar-refractivity contribution in [1.82, 2.24) is 10.2 Å². The summed E-state index contributed by atoms with van der Waals surface area (Å²) in [5.41, 5.74) is 5.39. The predicted octanol–water partition coefficient (Wildman–Crippen LogP) is 0.341. The maximum Gasteiger partial charge on any atom is 0.317 e. The molecule has 0 saturated heterocycles. The summed E-state index contributed by atoms with van der Waals surface area (Å²) in [6, 6.07) is -0.106. The minimum Gasteiger partial charge on any atom is -0.393 e. The number of rotatable bonds is 7. The van der Waals surface area contributed by atoms with Crippen molar-refractivity contribution in [3.63, 3.8) is 0 Å². The van der Waals surface area contributed by atoms with Crippen LogP contribution in [0.25, 0.3) is 0 Å². The van der Waals surface area contributed by atoms with Crippen LogP contribution in [0.4, 0.5) is 4.79 Å². The van der Waals surface area contributed by atoms with Gasteiger partial charge in [0.05, 0.1) is 11.6 Å². The van der Waals surface area contributed by atoms with E-state index in [1.165, 1.54) is 0 Å². The van der Waals surface area contributed by atoms with Gasteiger partial charge in [0.1, 0.15) is 0 Å². The van der Waals surface area contributed by atoms with Gasteiger partial charge in [-0.2, -0.15) is 0 Å². The van der Waals surface area contributed by atoms with Gasteiger partial charge in [-0.1, -0.05) is 12.2 Å². The normalized spacial score (nSPS) is 9.73. The third kappa shape index (κ3) is 7.10. The van der Waals surface area contributed by atoms with Crippen LogP contribution >= 0.6 is 12.2 Å². The third-order valence-electron chi connectivity index (χ3n) is 1.81. The van der Waals surface area contributed by atoms with Crippen LogP contribution in [-0.4, -0.2) is 49.3 Å². The Hall–Kier alpha value is -0.880. The summed E-state index contributed by atoms with van der Waals surface area (Å²) in [6.45, 7) is 4.07. The van der Waals surface area contributed by atoms with Gasteiger partial charge in [-0.3, -0.25) is 0 Å². The van der Waals surface area contributed by atoms with Crippen molar-refractivity contribution in [1.29, 1.82) is 0 Å². The number of amides is 2. The molecule has 0 spiro atoms. The van der Waals surface area contributed by atoms with E-state index in [0.717, 1.165) is 0 Å². The number of ether oxygens (including phenoxy) is 1. The van der Waals surface area contributed by atoms with E-state index in [1.54, 1.807) is 12.0 Å². The number of nitrogens with two attached hydrogens (primary N) is 1. The monoisotopic (exact) mass is 233 g/mol. The van der Waals surface area contributed by atoms with Crippen molar-refractivity contribution in [2.45, 2.75) is 13.3 Å². The zero-order chi connectivity index (χ0) is 11.7. The molecule has 2 amide bonds. The van der Waals surface area contributed by atoms with Gasteiger partial charge in [0.15, 0.2) is 0 Å². The first-order valence-electron chi connectivity index (χ1n) is 4.91. The van der Waals surface area contributed by atoms with Gasteiger partial charge in [-0.15, -0.1) is 0 Å². The fraction of sp³-hybridized carbons (Fsp3) is 0.778. The number of thiocarbonyl (C=S) groups is 1. The highest BCUT2D eigenvalue weighted by Crippen LogP contribution is 1.93. The average Bonchev–Trinajstić information content (AvgIpc) is 2.17. The molecule has 6 heteroatoms. The molecule has 0 bridgehead atoms. The van der Waals surface area contributed by atoms with Gasteiger partial charge in [0, 0.05) is 33.2 Å². The summed E-state index contributed by atoms with van der Waals surface area (Å²) in [5.74, 6) is 0. The highest BCUT2D eigenvalue weighted by Gasteiger charge is 2.11. The molecule has 0 aliphatic rings. The maximum absolute atomic E-state index is 11.5. The molecule has 0 aliphatic carbocycles. The lowest BCUT2D eigenvalue weighted by atomic mass is 10.4. The molecule has 0 aromatic carbocycles. The molecule has 0 saturated carbocycles. The first-order chi connectivity index (χ1) is 7.11. The summed E-state index contributed by atoms with van der Waals surface area (Å²) >= 11 is 4.77. The molecule has 0 fully saturated rings. The largest absolute Gasteiger partial charge is 0.393 e. The summed E-state index contributed by atoms with van der Waals surface area (Å²) in [5, 5.41) is 2.73. The molecule has 15 heavy (non-hydrogen) atoms. The first-order valence-corrected chi connectivity index (χ1v) is 5.32. The van der Waals surface area contributed by atoms with Crippen molar-refractivity contribution in [2.75, 3.05) is 33.4 Å². The Morgan fingerprint density at radius 2 is 2.20 bits per heavy atom. The zero-order valence-corrected chi connectivity index (χ0v) is 10.1. The van der Waals surface area contributed by atoms with Crippen LogP contribution < -0.4 is 11.1 Å². The van der Waals surface area contributed by atoms with Crippen molar-refractivity contribution in [2.24, 2.45) is 5.73 Å². The smallest absolute Gasteiger partial charge is 0.317 e. The lowest BCUT2D eigenvalue weighted by Gasteiger charge is -2.22. The van der Waals surface area contributed by atoms with E-state index in [2.05, 4.69) is 5.32 Å². The highest BCUT2D eigenvalue weighted by atomic mass is 32.1. The van der Waals surface area contributed by atoms with Crippen molar-refractivity contribution in [3.05, 3.63) is 0 Å². The van der Waals surface area contributed by atoms with Gasteiger partial charge < -0.3 is 20.7 Å². The fourth-order valence-electron chi connectivity index (χ4n) is 1.02. The summed E-state index contributed by atoms with van der Waals surface area (Å²) in [4.78, 5) is 13.6. The average molecular weight is 233 g/mol. The van der Waals surface area contributed by atoms with Gasteiger partial charge in [-0.05, 0) is 6.92 Å². The van der Waals surface area contributed by atoms with Crippen LogP contribution in [0.15, 0.2) is 0 Å². The zero-order valence-electron chi connectivity index (χ0n) is 9.28. The highest BCUT2D eigenvalue weighted by molar-refractivity contribution is 7.80. The van der Waals surface area contributed by atoms with E-state index >= 15 is 0 Å². The Bertz CT molecular complexity index is 212. The fourth-order valence-corrected chi connectivity index (χ4v) is 1.12. The minimum absolute atomic E-state index is 0.106. The molecule has 0 radical (unpaired) electrons. The molecule has 0 rings (SSSR count). The Balaban J connectivity index is 4.04. The van der Waals surface area contributed by atoms with Crippen LogP contribution in [-0.2, 0) is 4.74 Å². The molecule has 0 heterocycles. The van der Waals surface area contributed by atoms with Crippen LogP contribution in [0.3, 0.4) is 0 Å². The summed E-state index contributed by atoms with van der Waals surface area (Å²) in [6.07, 6.45) is 0.538. The Morgan fingerprint density at radius 1 is 1.53 bits per heavy atom. The standard InChI is InChI=1S/C9H19N3O2S/c1-3-11-9(13)12(6-7-14-2)5-4-8(10)15/h3-7H2,1-2H3,(H2,10,15)(H,11,13). The lowest BCUT2D eigenvalue weighted by molar-refractivity contribution is 0.151. The van der Waals surface area contributed by atoms with Gasteiger partial charge in [0.2, 0.25) is 0 Å². The molecule has 0 unspecified atom stereocenters. The van der Waals surface area contributed by atoms with E-state index < -0.39 is 0 Å². The number of nitrogens with zero attached hydrogens (tertiary/aromatic N) is 1. The molecule has 0 aromatic rings. The number of carbonyl (C=O) groups excluding carboxylic acids is 1. The van der Waals surface area contributed by atoms with E-state index in [-0.39, 0.29) is 6.03 Å². The van der Waals surface area contributed by atoms with Crippen molar-refractivity contribution < 1.29 is 9.53 Å². The second-order valence-corrected chi connectivity index (χ2v) is 3.56. The van der Waals surface area contributed by atoms with Gasteiger partial charge in [-0.25, -0.2) is 4.79 Å². The number of hydrogen-bond donors (Lipinski definition) is 2. The van der Waals surface area contributed by atoms with Crippen LogP contribution in [0.5, 0.6) is 0 Å². The Morgan fingerprint density at radius 3 is 2.67 bits per heavy atom. The van der Waals surface area contributed by atoms with Crippen LogP contribution in [0, 0.1) is 0 Å². The number of carbonyl (C=O) groups is 1. The quantitative estimate of drug-likeness (QED) is 0.622. The minimum atomic E-state index is -0.106. The third-order valence-corrected chi connectivity index (χ3v) is 2.01. The molecular formula is C9H19N3O2S. The molecule has 5 nitrogen and oxygen atoms in total.